The van der Waals surface area contributed by atoms with Crippen molar-refractivity contribution in [3.8, 4) is 5.75 Å². The number of rotatable bonds is 8. The molecule has 0 fully saturated rings. The molecule has 150 valence electrons. The molecule has 0 aliphatic carbocycles. The van der Waals surface area contributed by atoms with E-state index in [0.717, 1.165) is 29.5 Å². The van der Waals surface area contributed by atoms with E-state index in [-0.39, 0.29) is 40.0 Å². The molecule has 1 aromatic carbocycles. The van der Waals surface area contributed by atoms with Gasteiger partial charge in [-0.25, -0.2) is 14.0 Å². The largest absolute Gasteiger partial charge is 0.482 e. The summed E-state index contributed by atoms with van der Waals surface area (Å²) in [6, 6.07) is 2.70. The number of nitrogens with two attached hydrogens (primary N) is 1. The maximum Gasteiger partial charge on any atom is 0.348 e. The molecule has 11 heteroatoms. The fourth-order valence-electron chi connectivity index (χ4n) is 2.32. The van der Waals surface area contributed by atoms with Crippen molar-refractivity contribution in [2.75, 3.05) is 18.9 Å². The molecule has 0 amide bonds. The van der Waals surface area contributed by atoms with Crippen LogP contribution in [0.5, 0.6) is 5.75 Å². The van der Waals surface area contributed by atoms with Gasteiger partial charge in [0.25, 0.3) is 0 Å². The molecule has 0 unspecified atom stereocenters. The van der Waals surface area contributed by atoms with Crippen LogP contribution in [0.2, 0.25) is 0 Å². The van der Waals surface area contributed by atoms with Crippen molar-refractivity contribution in [2.24, 2.45) is 0 Å². The number of nitrogens with zero attached hydrogens (tertiary/aromatic N) is 1. The first-order chi connectivity index (χ1) is 13.3. The Kier molecular flexibility index (Phi) is 6.88. The zero-order chi connectivity index (χ0) is 20.8. The average molecular weight is 412 g/mol. The van der Waals surface area contributed by atoms with Gasteiger partial charge < -0.3 is 19.9 Å². The lowest BCUT2D eigenvalue weighted by molar-refractivity contribution is -0.386. The molecule has 2 aromatic rings. The summed E-state index contributed by atoms with van der Waals surface area (Å²) in [5.41, 5.74) is 5.36. The Balaban J connectivity index is 2.46. The number of benzene rings is 1. The minimum atomic E-state index is -0.779. The summed E-state index contributed by atoms with van der Waals surface area (Å²) >= 11 is 0.806. The second-order valence-electron chi connectivity index (χ2n) is 5.25. The third kappa shape index (κ3) is 4.55. The van der Waals surface area contributed by atoms with Crippen molar-refractivity contribution in [1.82, 2.24) is 0 Å². The van der Waals surface area contributed by atoms with Crippen LogP contribution < -0.4 is 10.5 Å². The van der Waals surface area contributed by atoms with Gasteiger partial charge in [-0.2, -0.15) is 0 Å². The first-order valence-electron chi connectivity index (χ1n) is 8.12. The lowest BCUT2D eigenvalue weighted by atomic mass is 10.1. The van der Waals surface area contributed by atoms with Crippen LogP contribution in [-0.4, -0.2) is 30.1 Å². The topological polar surface area (TPSA) is 131 Å². The third-order valence-electron chi connectivity index (χ3n) is 3.47. The molecule has 0 atom stereocenters. The van der Waals surface area contributed by atoms with Gasteiger partial charge in [0.2, 0.25) is 0 Å². The van der Waals surface area contributed by atoms with Gasteiger partial charge in [-0.15, -0.1) is 11.3 Å². The summed E-state index contributed by atoms with van der Waals surface area (Å²) in [7, 11) is 0. The van der Waals surface area contributed by atoms with Crippen LogP contribution in [0.1, 0.15) is 39.4 Å². The van der Waals surface area contributed by atoms with Crippen LogP contribution in [0, 0.1) is 15.9 Å². The molecule has 0 saturated heterocycles. The summed E-state index contributed by atoms with van der Waals surface area (Å²) in [6.45, 7) is 2.90. The minimum absolute atomic E-state index is 0.00135. The van der Waals surface area contributed by atoms with E-state index in [4.69, 9.17) is 19.9 Å². The summed E-state index contributed by atoms with van der Waals surface area (Å²) in [5, 5.41) is 11.1. The number of hydrogen-bond donors (Lipinski definition) is 1. The van der Waals surface area contributed by atoms with Crippen molar-refractivity contribution >= 4 is 34.0 Å². The van der Waals surface area contributed by atoms with Crippen LogP contribution in [0.3, 0.4) is 0 Å². The van der Waals surface area contributed by atoms with Gasteiger partial charge in [0.15, 0.2) is 5.75 Å². The van der Waals surface area contributed by atoms with E-state index in [1.54, 1.807) is 13.8 Å². The van der Waals surface area contributed by atoms with Crippen LogP contribution in [0.4, 0.5) is 15.1 Å². The highest BCUT2D eigenvalue weighted by molar-refractivity contribution is 7.18. The lowest BCUT2D eigenvalue weighted by Crippen LogP contribution is -2.13. The van der Waals surface area contributed by atoms with Crippen molar-refractivity contribution in [3.63, 3.8) is 0 Å². The van der Waals surface area contributed by atoms with Crippen LogP contribution in [-0.2, 0) is 16.1 Å². The highest BCUT2D eigenvalue weighted by Gasteiger charge is 2.29. The third-order valence-corrected chi connectivity index (χ3v) is 4.51. The van der Waals surface area contributed by atoms with Gasteiger partial charge in [-0.1, -0.05) is 0 Å². The zero-order valence-electron chi connectivity index (χ0n) is 15.0. The Morgan fingerprint density at radius 3 is 2.46 bits per heavy atom. The van der Waals surface area contributed by atoms with E-state index >= 15 is 0 Å². The molecule has 2 N–H and O–H groups in total. The quantitative estimate of drug-likeness (QED) is 0.397. The fourth-order valence-corrected chi connectivity index (χ4v) is 3.27. The maximum absolute atomic E-state index is 13.5. The van der Waals surface area contributed by atoms with E-state index in [2.05, 4.69) is 0 Å². The van der Waals surface area contributed by atoms with E-state index < -0.39 is 35.0 Å². The van der Waals surface area contributed by atoms with E-state index in [9.17, 15) is 24.1 Å². The predicted octanol–water partition coefficient (Wildman–Crippen LogP) is 3.31. The number of nitrogen functional groups attached to an aromatic ring is 1. The summed E-state index contributed by atoms with van der Waals surface area (Å²) < 4.78 is 28.8. The van der Waals surface area contributed by atoms with Crippen molar-refractivity contribution in [2.45, 2.75) is 20.5 Å². The minimum Gasteiger partial charge on any atom is -0.482 e. The number of nitro benzene ring substituents is 1. The molecule has 0 bridgehead atoms. The van der Waals surface area contributed by atoms with Crippen LogP contribution in [0.15, 0.2) is 18.2 Å². The van der Waals surface area contributed by atoms with Gasteiger partial charge in [0, 0.05) is 17.7 Å². The van der Waals surface area contributed by atoms with E-state index in [1.165, 1.54) is 0 Å². The predicted molar refractivity (Wildman–Crippen MR) is 98.0 cm³/mol. The number of halogens is 1. The molecule has 0 spiro atoms. The molecule has 0 aliphatic rings. The Morgan fingerprint density at radius 2 is 1.86 bits per heavy atom. The molecule has 1 heterocycles. The van der Waals surface area contributed by atoms with Gasteiger partial charge in [0.05, 0.1) is 18.1 Å². The first kappa shape index (κ1) is 21.1. The van der Waals surface area contributed by atoms with Gasteiger partial charge in [-0.3, -0.25) is 10.1 Å². The monoisotopic (exact) mass is 412 g/mol. The smallest absolute Gasteiger partial charge is 0.348 e. The summed E-state index contributed by atoms with van der Waals surface area (Å²) in [6.07, 6.45) is 0. The van der Waals surface area contributed by atoms with Crippen LogP contribution >= 0.6 is 11.3 Å². The Morgan fingerprint density at radius 1 is 1.21 bits per heavy atom. The molecule has 2 rings (SSSR count). The number of ether oxygens (including phenoxy) is 3. The van der Waals surface area contributed by atoms with Crippen molar-refractivity contribution in [3.05, 3.63) is 50.1 Å². The Bertz CT molecular complexity index is 913. The Hall–Kier alpha value is -3.21. The first-order valence-corrected chi connectivity index (χ1v) is 8.93. The maximum atomic E-state index is 13.5. The SMILES string of the molecule is CCOC(=O)c1sc(N)c(C(=O)OCC)c1COc1cc(F)ccc1[N+](=O)[O-]. The Labute approximate surface area is 163 Å². The van der Waals surface area contributed by atoms with Gasteiger partial charge in [-0.05, 0) is 19.9 Å². The average Bonchev–Trinajstić information content (AvgIpc) is 2.96. The molecule has 0 aliphatic heterocycles. The number of nitro groups is 1. The number of esters is 2. The van der Waals surface area contributed by atoms with Gasteiger partial charge >= 0.3 is 17.6 Å². The molecule has 0 saturated carbocycles. The molecular formula is C17H17FN2O7S. The molecule has 9 nitrogen and oxygen atoms in total. The molecule has 28 heavy (non-hydrogen) atoms. The van der Waals surface area contributed by atoms with E-state index in [0.29, 0.717) is 0 Å². The summed E-state index contributed by atoms with van der Waals surface area (Å²) in [5.74, 6) is -2.62. The number of hydrogen-bond acceptors (Lipinski definition) is 9. The summed E-state index contributed by atoms with van der Waals surface area (Å²) in [4.78, 5) is 34.8. The number of anilines is 1. The molecule has 0 radical (unpaired) electrons. The molecular weight excluding hydrogens is 395 g/mol. The standard InChI is InChI=1S/C17H17FN2O7S/c1-3-25-16(21)13-10(14(28-15(13)19)17(22)26-4-2)8-27-12-7-9(18)5-6-11(12)20(23)24/h5-7H,3-4,8,19H2,1-2H3. The van der Waals surface area contributed by atoms with Crippen molar-refractivity contribution < 1.29 is 33.1 Å². The number of carbonyl (C=O) groups is 2. The lowest BCUT2D eigenvalue weighted by Gasteiger charge is -2.10. The number of carbonyl (C=O) groups excluding carboxylic acids is 2. The highest BCUT2D eigenvalue weighted by Crippen LogP contribution is 2.35. The fraction of sp³-hybridized carbons (Fsp3) is 0.294. The zero-order valence-corrected chi connectivity index (χ0v) is 15.8. The molecule has 1 aromatic heterocycles. The second-order valence-corrected chi connectivity index (χ2v) is 6.30. The highest BCUT2D eigenvalue weighted by atomic mass is 32.1. The van der Waals surface area contributed by atoms with E-state index in [1.807, 2.05) is 0 Å². The second kappa shape index (κ2) is 9.13. The van der Waals surface area contributed by atoms with Crippen LogP contribution in [0.25, 0.3) is 0 Å². The normalized spacial score (nSPS) is 10.4. The number of thiophene rings is 1. The van der Waals surface area contributed by atoms with Crippen molar-refractivity contribution in [1.29, 1.82) is 0 Å². The van der Waals surface area contributed by atoms with Gasteiger partial charge in [0.1, 0.15) is 27.9 Å².